The standard InChI is InChI=1S/C22H25NO3/c24-21-17-6-3-7-18(21)13-19(12-17)22(25)23-10-11-26-20-9-8-15-4-1-2-5-16(15)14-20/h1-2,4-5,8-9,14,17-19H,3,6-7,10-13H2,(H,23,25). The average molecular weight is 351 g/mol. The number of ketones is 1. The Hall–Kier alpha value is -2.36. The summed E-state index contributed by atoms with van der Waals surface area (Å²) in [7, 11) is 0. The minimum absolute atomic E-state index is 0.0105. The van der Waals surface area contributed by atoms with Crippen molar-refractivity contribution in [3.05, 3.63) is 42.5 Å². The van der Waals surface area contributed by atoms with E-state index >= 15 is 0 Å². The van der Waals surface area contributed by atoms with Crippen molar-refractivity contribution >= 4 is 22.5 Å². The van der Waals surface area contributed by atoms with E-state index in [2.05, 4.69) is 17.4 Å². The lowest BCUT2D eigenvalue weighted by Crippen LogP contribution is -2.43. The summed E-state index contributed by atoms with van der Waals surface area (Å²) in [6, 6.07) is 14.2. The number of hydrogen-bond acceptors (Lipinski definition) is 3. The highest BCUT2D eigenvalue weighted by molar-refractivity contribution is 5.88. The van der Waals surface area contributed by atoms with E-state index in [0.717, 1.165) is 43.2 Å². The highest BCUT2D eigenvalue weighted by Gasteiger charge is 2.41. The van der Waals surface area contributed by atoms with Crippen LogP contribution in [0.25, 0.3) is 10.8 Å². The molecule has 2 unspecified atom stereocenters. The van der Waals surface area contributed by atoms with Gasteiger partial charge in [0.15, 0.2) is 0 Å². The van der Waals surface area contributed by atoms with Crippen LogP contribution < -0.4 is 10.1 Å². The van der Waals surface area contributed by atoms with Gasteiger partial charge in [0.05, 0.1) is 6.54 Å². The Morgan fingerprint density at radius 2 is 1.77 bits per heavy atom. The largest absolute Gasteiger partial charge is 0.492 e. The first kappa shape index (κ1) is 17.1. The molecule has 4 heteroatoms. The molecule has 4 nitrogen and oxygen atoms in total. The number of rotatable bonds is 5. The van der Waals surface area contributed by atoms with Crippen molar-refractivity contribution in [1.29, 1.82) is 0 Å². The molecule has 2 fully saturated rings. The van der Waals surface area contributed by atoms with Gasteiger partial charge in [-0.05, 0) is 48.6 Å². The zero-order chi connectivity index (χ0) is 17.9. The van der Waals surface area contributed by atoms with Crippen LogP contribution in [0.3, 0.4) is 0 Å². The summed E-state index contributed by atoms with van der Waals surface area (Å²) < 4.78 is 5.77. The molecule has 4 rings (SSSR count). The maximum Gasteiger partial charge on any atom is 0.223 e. The molecule has 0 aromatic heterocycles. The van der Waals surface area contributed by atoms with Crippen molar-refractivity contribution in [2.75, 3.05) is 13.2 Å². The van der Waals surface area contributed by atoms with Crippen molar-refractivity contribution in [2.24, 2.45) is 17.8 Å². The molecule has 0 heterocycles. The van der Waals surface area contributed by atoms with Crippen LogP contribution in [0.2, 0.25) is 0 Å². The van der Waals surface area contributed by atoms with Crippen LogP contribution in [-0.4, -0.2) is 24.8 Å². The van der Waals surface area contributed by atoms with Gasteiger partial charge < -0.3 is 10.1 Å². The van der Waals surface area contributed by atoms with E-state index in [-0.39, 0.29) is 23.7 Å². The van der Waals surface area contributed by atoms with Gasteiger partial charge in [0, 0.05) is 17.8 Å². The molecule has 2 atom stereocenters. The third-order valence-corrected chi connectivity index (χ3v) is 5.81. The molecule has 26 heavy (non-hydrogen) atoms. The number of carbonyl (C=O) groups excluding carboxylic acids is 2. The van der Waals surface area contributed by atoms with Crippen LogP contribution >= 0.6 is 0 Å². The van der Waals surface area contributed by atoms with E-state index in [1.165, 1.54) is 5.39 Å². The third kappa shape index (κ3) is 3.59. The van der Waals surface area contributed by atoms with E-state index in [4.69, 9.17) is 4.74 Å². The first-order valence-electron chi connectivity index (χ1n) is 9.64. The molecule has 2 saturated carbocycles. The van der Waals surface area contributed by atoms with Crippen LogP contribution in [0.5, 0.6) is 5.75 Å². The number of carbonyl (C=O) groups is 2. The quantitative estimate of drug-likeness (QED) is 0.835. The number of fused-ring (bicyclic) bond motifs is 3. The second kappa shape index (κ2) is 7.48. The predicted octanol–water partition coefficient (Wildman–Crippen LogP) is 3.73. The number of amides is 1. The Labute approximate surface area is 153 Å². The molecule has 2 bridgehead atoms. The summed E-state index contributed by atoms with van der Waals surface area (Å²) >= 11 is 0. The molecule has 0 saturated heterocycles. The topological polar surface area (TPSA) is 55.4 Å². The Bertz CT molecular complexity index is 800. The van der Waals surface area contributed by atoms with Gasteiger partial charge in [-0.25, -0.2) is 0 Å². The maximum atomic E-state index is 12.4. The van der Waals surface area contributed by atoms with E-state index in [9.17, 15) is 9.59 Å². The van der Waals surface area contributed by atoms with E-state index in [1.54, 1.807) is 0 Å². The predicted molar refractivity (Wildman–Crippen MR) is 101 cm³/mol. The molecular weight excluding hydrogens is 326 g/mol. The van der Waals surface area contributed by atoms with Gasteiger partial charge in [0.1, 0.15) is 18.1 Å². The molecule has 2 aromatic carbocycles. The number of ether oxygens (including phenoxy) is 1. The Morgan fingerprint density at radius 3 is 2.54 bits per heavy atom. The fraction of sp³-hybridized carbons (Fsp3) is 0.455. The summed E-state index contributed by atoms with van der Waals surface area (Å²) in [5, 5.41) is 5.32. The Balaban J connectivity index is 1.25. The zero-order valence-electron chi connectivity index (χ0n) is 14.9. The lowest BCUT2D eigenvalue weighted by Gasteiger charge is -2.36. The average Bonchev–Trinajstić information content (AvgIpc) is 2.64. The summed E-state index contributed by atoms with van der Waals surface area (Å²) in [4.78, 5) is 24.6. The van der Waals surface area contributed by atoms with Gasteiger partial charge in [-0.1, -0.05) is 36.8 Å². The fourth-order valence-electron chi connectivity index (χ4n) is 4.44. The van der Waals surface area contributed by atoms with Crippen LogP contribution in [0, 0.1) is 17.8 Å². The molecule has 2 aliphatic rings. The van der Waals surface area contributed by atoms with Crippen molar-refractivity contribution in [3.63, 3.8) is 0 Å². The van der Waals surface area contributed by atoms with Crippen molar-refractivity contribution in [1.82, 2.24) is 5.32 Å². The zero-order valence-corrected chi connectivity index (χ0v) is 14.9. The van der Waals surface area contributed by atoms with E-state index in [1.807, 2.05) is 30.3 Å². The summed E-state index contributed by atoms with van der Waals surface area (Å²) in [6.45, 7) is 0.939. The Kier molecular flexibility index (Phi) is 4.91. The van der Waals surface area contributed by atoms with Crippen molar-refractivity contribution < 1.29 is 14.3 Å². The highest BCUT2D eigenvalue weighted by atomic mass is 16.5. The maximum absolute atomic E-state index is 12.4. The lowest BCUT2D eigenvalue weighted by atomic mass is 9.67. The Morgan fingerprint density at radius 1 is 1.04 bits per heavy atom. The van der Waals surface area contributed by atoms with Gasteiger partial charge in [0.25, 0.3) is 0 Å². The fourth-order valence-corrected chi connectivity index (χ4v) is 4.44. The molecule has 2 aliphatic carbocycles. The van der Waals surface area contributed by atoms with E-state index < -0.39 is 0 Å². The molecule has 2 aromatic rings. The van der Waals surface area contributed by atoms with Crippen LogP contribution in [0.4, 0.5) is 0 Å². The number of nitrogens with one attached hydrogen (secondary N) is 1. The molecule has 1 N–H and O–H groups in total. The van der Waals surface area contributed by atoms with Gasteiger partial charge in [-0.2, -0.15) is 0 Å². The number of Topliss-reactive ketones (excluding diaryl/α,β-unsaturated/α-hetero) is 1. The number of hydrogen-bond donors (Lipinski definition) is 1. The first-order chi connectivity index (χ1) is 12.7. The van der Waals surface area contributed by atoms with Crippen LogP contribution in [0.15, 0.2) is 42.5 Å². The second-order valence-electron chi connectivity index (χ2n) is 7.54. The number of benzene rings is 2. The van der Waals surface area contributed by atoms with E-state index in [0.29, 0.717) is 18.9 Å². The smallest absolute Gasteiger partial charge is 0.223 e. The second-order valence-corrected chi connectivity index (χ2v) is 7.54. The highest BCUT2D eigenvalue weighted by Crippen LogP contribution is 2.40. The molecule has 136 valence electrons. The monoisotopic (exact) mass is 351 g/mol. The molecule has 0 spiro atoms. The first-order valence-corrected chi connectivity index (χ1v) is 9.64. The third-order valence-electron chi connectivity index (χ3n) is 5.81. The lowest BCUT2D eigenvalue weighted by molar-refractivity contribution is -0.137. The molecular formula is C22H25NO3. The van der Waals surface area contributed by atoms with Crippen LogP contribution in [-0.2, 0) is 9.59 Å². The van der Waals surface area contributed by atoms with Crippen molar-refractivity contribution in [2.45, 2.75) is 32.1 Å². The molecule has 0 aliphatic heterocycles. The minimum atomic E-state index is -0.0105. The van der Waals surface area contributed by atoms with Crippen LogP contribution in [0.1, 0.15) is 32.1 Å². The minimum Gasteiger partial charge on any atom is -0.492 e. The summed E-state index contributed by atoms with van der Waals surface area (Å²) in [5.74, 6) is 1.52. The summed E-state index contributed by atoms with van der Waals surface area (Å²) in [6.07, 6.45) is 4.52. The van der Waals surface area contributed by atoms with Crippen molar-refractivity contribution in [3.8, 4) is 5.75 Å². The van der Waals surface area contributed by atoms with Gasteiger partial charge in [0.2, 0.25) is 5.91 Å². The van der Waals surface area contributed by atoms with Gasteiger partial charge in [-0.3, -0.25) is 9.59 Å². The molecule has 1 amide bonds. The normalized spacial score (nSPS) is 25.1. The van der Waals surface area contributed by atoms with Gasteiger partial charge in [-0.15, -0.1) is 0 Å². The summed E-state index contributed by atoms with van der Waals surface area (Å²) in [5.41, 5.74) is 0. The molecule has 0 radical (unpaired) electrons. The SMILES string of the molecule is O=C(NCCOc1ccc2ccccc2c1)C1CC2CCCC(C1)C2=O. The van der Waals surface area contributed by atoms with Gasteiger partial charge >= 0.3 is 0 Å².